The molecule has 2 aliphatic carbocycles. The van der Waals surface area contributed by atoms with Gasteiger partial charge in [0.2, 0.25) is 0 Å². The van der Waals surface area contributed by atoms with E-state index in [0.717, 1.165) is 37.7 Å². The van der Waals surface area contributed by atoms with Crippen molar-refractivity contribution in [2.45, 2.75) is 75.8 Å². The lowest BCUT2D eigenvalue weighted by Gasteiger charge is -2.47. The van der Waals surface area contributed by atoms with Crippen molar-refractivity contribution in [3.63, 3.8) is 0 Å². The third kappa shape index (κ3) is 3.89. The summed E-state index contributed by atoms with van der Waals surface area (Å²) < 4.78 is 5.71. The molecule has 1 aliphatic heterocycles. The second kappa shape index (κ2) is 7.97. The first kappa shape index (κ1) is 17.8. The number of hydrogen-bond donors (Lipinski definition) is 2. The number of carbonyl (C=O) groups is 1. The highest BCUT2D eigenvalue weighted by molar-refractivity contribution is 5.75. The Morgan fingerprint density at radius 2 is 1.92 bits per heavy atom. The van der Waals surface area contributed by atoms with Crippen molar-refractivity contribution in [1.29, 1.82) is 0 Å². The molecular weight excluding hydrogens is 328 g/mol. The van der Waals surface area contributed by atoms with Crippen molar-refractivity contribution in [3.05, 3.63) is 35.9 Å². The average Bonchev–Trinajstić information content (AvgIpc) is 3.17. The maximum absolute atomic E-state index is 13.2. The van der Waals surface area contributed by atoms with Crippen LogP contribution >= 0.6 is 0 Å². The highest BCUT2D eigenvalue weighted by Gasteiger charge is 2.43. The van der Waals surface area contributed by atoms with Crippen LogP contribution in [0.1, 0.15) is 50.5 Å². The lowest BCUT2D eigenvalue weighted by Crippen LogP contribution is -2.57. The van der Waals surface area contributed by atoms with Gasteiger partial charge in [-0.1, -0.05) is 43.2 Å². The Hall–Kier alpha value is -1.59. The Balaban J connectivity index is 1.53. The van der Waals surface area contributed by atoms with E-state index in [4.69, 9.17) is 4.74 Å². The van der Waals surface area contributed by atoms with E-state index in [9.17, 15) is 9.90 Å². The zero-order chi connectivity index (χ0) is 17.9. The minimum absolute atomic E-state index is 0.0305. The van der Waals surface area contributed by atoms with E-state index in [-0.39, 0.29) is 24.1 Å². The summed E-state index contributed by atoms with van der Waals surface area (Å²) in [6.07, 6.45) is 7.06. The van der Waals surface area contributed by atoms with Crippen molar-refractivity contribution < 1.29 is 14.6 Å². The molecule has 3 fully saturated rings. The SMILES string of the molecule is O=C(NC1CCCC1)N(Cc1ccccc1)[C@@H]1CC[C@@H]2C[C@@H]1[C@@H](O)CO2. The van der Waals surface area contributed by atoms with Crippen LogP contribution in [-0.2, 0) is 11.3 Å². The molecule has 2 bridgehead atoms. The number of rotatable bonds is 4. The number of aliphatic hydroxyl groups excluding tert-OH is 1. The van der Waals surface area contributed by atoms with Crippen molar-refractivity contribution in [2.24, 2.45) is 5.92 Å². The number of benzene rings is 1. The van der Waals surface area contributed by atoms with Gasteiger partial charge < -0.3 is 20.1 Å². The Bertz CT molecular complexity index is 603. The lowest BCUT2D eigenvalue weighted by molar-refractivity contribution is -0.130. The molecule has 1 aromatic rings. The number of nitrogens with zero attached hydrogens (tertiary/aromatic N) is 1. The van der Waals surface area contributed by atoms with Crippen LogP contribution in [-0.4, -0.2) is 46.9 Å². The summed E-state index contributed by atoms with van der Waals surface area (Å²) in [5.74, 6) is 0.112. The fourth-order valence-electron chi connectivity index (χ4n) is 4.91. The molecule has 2 N–H and O–H groups in total. The van der Waals surface area contributed by atoms with Gasteiger partial charge >= 0.3 is 6.03 Å². The molecule has 1 heterocycles. The summed E-state index contributed by atoms with van der Waals surface area (Å²) in [4.78, 5) is 15.2. The molecule has 26 heavy (non-hydrogen) atoms. The molecule has 4 atom stereocenters. The number of ether oxygens (including phenoxy) is 1. The summed E-state index contributed by atoms with van der Waals surface area (Å²) >= 11 is 0. The maximum Gasteiger partial charge on any atom is 0.318 e. The third-order valence-corrected chi connectivity index (χ3v) is 6.35. The van der Waals surface area contributed by atoms with Crippen molar-refractivity contribution in [3.8, 4) is 0 Å². The first-order valence-corrected chi connectivity index (χ1v) is 10.1. The first-order valence-electron chi connectivity index (χ1n) is 10.1. The van der Waals surface area contributed by atoms with Gasteiger partial charge in [-0.15, -0.1) is 0 Å². The first-order chi connectivity index (χ1) is 12.7. The number of urea groups is 1. The zero-order valence-corrected chi connectivity index (χ0v) is 15.3. The van der Waals surface area contributed by atoms with Gasteiger partial charge in [0, 0.05) is 24.5 Å². The van der Waals surface area contributed by atoms with Gasteiger partial charge in [-0.05, 0) is 37.7 Å². The van der Waals surface area contributed by atoms with E-state index in [1.165, 1.54) is 12.8 Å². The Morgan fingerprint density at radius 1 is 1.15 bits per heavy atom. The van der Waals surface area contributed by atoms with E-state index in [2.05, 4.69) is 17.4 Å². The second-order valence-electron chi connectivity index (χ2n) is 8.11. The minimum Gasteiger partial charge on any atom is -0.390 e. The molecule has 0 spiro atoms. The number of hydrogen-bond acceptors (Lipinski definition) is 3. The van der Waals surface area contributed by atoms with Gasteiger partial charge in [0.15, 0.2) is 0 Å². The fourth-order valence-corrected chi connectivity index (χ4v) is 4.91. The Morgan fingerprint density at radius 3 is 2.69 bits per heavy atom. The van der Waals surface area contributed by atoms with Crippen LogP contribution in [0.2, 0.25) is 0 Å². The summed E-state index contributed by atoms with van der Waals surface area (Å²) in [6, 6.07) is 10.6. The normalized spacial score (nSPS) is 31.6. The lowest BCUT2D eigenvalue weighted by atomic mass is 9.77. The van der Waals surface area contributed by atoms with Crippen molar-refractivity contribution >= 4 is 6.03 Å². The smallest absolute Gasteiger partial charge is 0.318 e. The Labute approximate surface area is 155 Å². The standard InChI is InChI=1S/C21H30N2O3/c24-20-14-26-17-10-11-19(18(20)12-17)23(13-15-6-2-1-3-7-15)21(25)22-16-8-4-5-9-16/h1-3,6-7,16-20,24H,4-5,8-14H2,(H,22,25)/t17-,18+,19-,20+/m1/s1. The zero-order valence-electron chi connectivity index (χ0n) is 15.3. The molecule has 0 radical (unpaired) electrons. The van der Waals surface area contributed by atoms with Crippen LogP contribution in [0.4, 0.5) is 4.79 Å². The molecular formula is C21H30N2O3. The van der Waals surface area contributed by atoms with Crippen LogP contribution in [0.5, 0.6) is 0 Å². The third-order valence-electron chi connectivity index (χ3n) is 6.35. The van der Waals surface area contributed by atoms with Crippen LogP contribution < -0.4 is 5.32 Å². The highest BCUT2D eigenvalue weighted by Crippen LogP contribution is 2.37. The van der Waals surface area contributed by atoms with Gasteiger partial charge in [-0.2, -0.15) is 0 Å². The molecule has 2 amide bonds. The second-order valence-corrected chi connectivity index (χ2v) is 8.11. The van der Waals surface area contributed by atoms with E-state index < -0.39 is 6.10 Å². The van der Waals surface area contributed by atoms with Gasteiger partial charge in [-0.25, -0.2) is 4.79 Å². The fraction of sp³-hybridized carbons (Fsp3) is 0.667. The van der Waals surface area contributed by atoms with Gasteiger partial charge in [0.05, 0.1) is 18.8 Å². The van der Waals surface area contributed by atoms with E-state index in [0.29, 0.717) is 19.2 Å². The van der Waals surface area contributed by atoms with Gasteiger partial charge in [-0.3, -0.25) is 0 Å². The summed E-state index contributed by atoms with van der Waals surface area (Å²) in [5, 5.41) is 13.7. The molecule has 0 unspecified atom stereocenters. The number of amides is 2. The van der Waals surface area contributed by atoms with Crippen LogP contribution in [0.3, 0.4) is 0 Å². The molecule has 2 saturated carbocycles. The Kier molecular flexibility index (Phi) is 5.46. The van der Waals surface area contributed by atoms with Crippen LogP contribution in [0, 0.1) is 5.92 Å². The van der Waals surface area contributed by atoms with E-state index in [1.54, 1.807) is 0 Å². The van der Waals surface area contributed by atoms with Crippen LogP contribution in [0.25, 0.3) is 0 Å². The molecule has 5 heteroatoms. The number of nitrogens with one attached hydrogen (secondary N) is 1. The molecule has 1 saturated heterocycles. The summed E-state index contributed by atoms with van der Waals surface area (Å²) in [7, 11) is 0. The number of fused-ring (bicyclic) bond motifs is 2. The largest absolute Gasteiger partial charge is 0.390 e. The predicted molar refractivity (Wildman–Crippen MR) is 99.6 cm³/mol. The number of aliphatic hydroxyl groups is 1. The average molecular weight is 358 g/mol. The topological polar surface area (TPSA) is 61.8 Å². The van der Waals surface area contributed by atoms with Gasteiger partial charge in [0.25, 0.3) is 0 Å². The quantitative estimate of drug-likeness (QED) is 0.869. The predicted octanol–water partition coefficient (Wildman–Crippen LogP) is 3.07. The maximum atomic E-state index is 13.2. The van der Waals surface area contributed by atoms with Gasteiger partial charge in [0.1, 0.15) is 0 Å². The molecule has 4 rings (SSSR count). The molecule has 0 aromatic heterocycles. The molecule has 3 aliphatic rings. The van der Waals surface area contributed by atoms with Crippen LogP contribution in [0.15, 0.2) is 30.3 Å². The molecule has 1 aromatic carbocycles. The molecule has 5 nitrogen and oxygen atoms in total. The summed E-state index contributed by atoms with van der Waals surface area (Å²) in [5.41, 5.74) is 1.14. The monoisotopic (exact) mass is 358 g/mol. The van der Waals surface area contributed by atoms with E-state index in [1.807, 2.05) is 23.1 Å². The molecule has 142 valence electrons. The van der Waals surface area contributed by atoms with E-state index >= 15 is 0 Å². The van der Waals surface area contributed by atoms with Crippen molar-refractivity contribution in [2.75, 3.05) is 6.61 Å². The minimum atomic E-state index is -0.478. The number of carbonyl (C=O) groups excluding carboxylic acids is 1. The van der Waals surface area contributed by atoms with Crippen molar-refractivity contribution in [1.82, 2.24) is 10.2 Å². The summed E-state index contributed by atoms with van der Waals surface area (Å²) in [6.45, 7) is 0.994. The highest BCUT2D eigenvalue weighted by atomic mass is 16.5.